The molecule has 104 valence electrons. The molecule has 4 rings (SSSR count). The third kappa shape index (κ3) is 2.30. The number of carbonyl (C=O) groups excluding carboxylic acids is 1. The van der Waals surface area contributed by atoms with Gasteiger partial charge in [0.05, 0.1) is 7.11 Å². The van der Waals surface area contributed by atoms with E-state index in [0.29, 0.717) is 5.92 Å². The first kappa shape index (κ1) is 13.1. The molecular weight excluding hydrogens is 260 g/mol. The molecule has 3 aliphatic heterocycles. The Kier molecular flexibility index (Phi) is 3.60. The molecule has 0 radical (unpaired) electrons. The highest BCUT2D eigenvalue weighted by Crippen LogP contribution is 2.36. The van der Waals surface area contributed by atoms with Crippen molar-refractivity contribution in [2.75, 3.05) is 26.7 Å². The van der Waals surface area contributed by atoms with E-state index in [1.54, 1.807) is 11.3 Å². The van der Waals surface area contributed by atoms with E-state index in [4.69, 9.17) is 4.74 Å². The van der Waals surface area contributed by atoms with Gasteiger partial charge in [0, 0.05) is 18.0 Å². The molecule has 0 aromatic carbocycles. The highest BCUT2D eigenvalue weighted by atomic mass is 32.1. The Balaban J connectivity index is 1.79. The molecule has 3 aliphatic rings. The molecule has 1 atom stereocenters. The van der Waals surface area contributed by atoms with Gasteiger partial charge in [-0.25, -0.2) is 4.79 Å². The van der Waals surface area contributed by atoms with Crippen LogP contribution in [0.3, 0.4) is 0 Å². The van der Waals surface area contributed by atoms with E-state index >= 15 is 0 Å². The van der Waals surface area contributed by atoms with Gasteiger partial charge in [-0.2, -0.15) is 0 Å². The number of esters is 1. The monoisotopic (exact) mass is 280 g/mol. The first-order chi connectivity index (χ1) is 9.24. The highest BCUT2D eigenvalue weighted by molar-refractivity contribution is 7.09. The van der Waals surface area contributed by atoms with Gasteiger partial charge in [-0.15, -0.1) is 11.3 Å². The number of carbonyl (C=O) groups is 1. The minimum Gasteiger partial charge on any atom is -0.468 e. The maximum atomic E-state index is 12.3. The number of rotatable bonds is 4. The van der Waals surface area contributed by atoms with Gasteiger partial charge in [0.25, 0.3) is 0 Å². The first-order valence-corrected chi connectivity index (χ1v) is 7.71. The van der Waals surface area contributed by atoms with Crippen LogP contribution in [0.4, 0.5) is 0 Å². The van der Waals surface area contributed by atoms with Crippen molar-refractivity contribution in [3.63, 3.8) is 0 Å². The lowest BCUT2D eigenvalue weighted by atomic mass is 9.72. The standard InChI is InChI=1S/C14H20N2O2S/c1-18-13(17)14(15-9-12-3-2-8-19-12)10-16-6-4-11(14)5-7-16/h2-3,8,11,15H,4-7,9-10H2,1H3. The highest BCUT2D eigenvalue weighted by Gasteiger charge is 2.52. The molecule has 1 unspecified atom stereocenters. The molecule has 3 fully saturated rings. The number of hydrogen-bond donors (Lipinski definition) is 1. The normalized spacial score (nSPS) is 33.3. The number of nitrogens with zero attached hydrogens (tertiary/aromatic N) is 1. The quantitative estimate of drug-likeness (QED) is 0.848. The summed E-state index contributed by atoms with van der Waals surface area (Å²) in [5.74, 6) is 0.309. The fraction of sp³-hybridized carbons (Fsp3) is 0.643. The zero-order valence-electron chi connectivity index (χ0n) is 11.2. The Bertz CT molecular complexity index is 440. The van der Waals surface area contributed by atoms with Crippen LogP contribution in [-0.2, 0) is 16.1 Å². The Morgan fingerprint density at radius 2 is 2.37 bits per heavy atom. The van der Waals surface area contributed by atoms with Gasteiger partial charge in [-0.05, 0) is 43.3 Å². The van der Waals surface area contributed by atoms with Gasteiger partial charge in [0.1, 0.15) is 5.54 Å². The van der Waals surface area contributed by atoms with Crippen LogP contribution < -0.4 is 5.32 Å². The smallest absolute Gasteiger partial charge is 0.327 e. The van der Waals surface area contributed by atoms with Crippen molar-refractivity contribution in [3.05, 3.63) is 22.4 Å². The van der Waals surface area contributed by atoms with E-state index in [-0.39, 0.29) is 5.97 Å². The van der Waals surface area contributed by atoms with Crippen molar-refractivity contribution in [3.8, 4) is 0 Å². The average molecular weight is 280 g/mol. The second kappa shape index (κ2) is 5.23. The van der Waals surface area contributed by atoms with E-state index in [0.717, 1.165) is 39.0 Å². The van der Waals surface area contributed by atoms with Gasteiger partial charge in [0.2, 0.25) is 0 Å². The van der Waals surface area contributed by atoms with Gasteiger partial charge < -0.3 is 9.64 Å². The predicted octanol–water partition coefficient (Wildman–Crippen LogP) is 1.48. The lowest BCUT2D eigenvalue weighted by Gasteiger charge is -2.51. The number of fused-ring (bicyclic) bond motifs is 3. The largest absolute Gasteiger partial charge is 0.468 e. The molecule has 0 spiro atoms. The number of thiophene rings is 1. The lowest BCUT2D eigenvalue weighted by Crippen LogP contribution is -2.69. The van der Waals surface area contributed by atoms with E-state index in [9.17, 15) is 4.79 Å². The molecule has 2 bridgehead atoms. The Labute approximate surface area is 117 Å². The molecule has 1 aromatic rings. The molecule has 1 N–H and O–H groups in total. The molecule has 0 amide bonds. The summed E-state index contributed by atoms with van der Waals surface area (Å²) in [5.41, 5.74) is -0.505. The zero-order valence-corrected chi connectivity index (χ0v) is 12.0. The number of piperidine rings is 3. The Hall–Kier alpha value is -0.910. The summed E-state index contributed by atoms with van der Waals surface area (Å²) in [7, 11) is 1.49. The van der Waals surface area contributed by atoms with Crippen LogP contribution in [0.2, 0.25) is 0 Å². The van der Waals surface area contributed by atoms with Gasteiger partial charge >= 0.3 is 5.97 Å². The number of hydrogen-bond acceptors (Lipinski definition) is 5. The van der Waals surface area contributed by atoms with E-state index < -0.39 is 5.54 Å². The fourth-order valence-corrected chi connectivity index (χ4v) is 4.05. The van der Waals surface area contributed by atoms with E-state index in [1.165, 1.54) is 12.0 Å². The molecule has 19 heavy (non-hydrogen) atoms. The van der Waals surface area contributed by atoms with Gasteiger partial charge in [-0.1, -0.05) is 6.07 Å². The molecule has 1 aromatic heterocycles. The van der Waals surface area contributed by atoms with Crippen LogP contribution >= 0.6 is 11.3 Å². The average Bonchev–Trinajstić information content (AvgIpc) is 2.99. The molecule has 3 saturated heterocycles. The number of ether oxygens (including phenoxy) is 1. The van der Waals surface area contributed by atoms with Crippen molar-refractivity contribution in [1.29, 1.82) is 0 Å². The van der Waals surface area contributed by atoms with Gasteiger partial charge in [0.15, 0.2) is 0 Å². The molecular formula is C14H20N2O2S. The van der Waals surface area contributed by atoms with E-state index in [1.807, 2.05) is 6.07 Å². The summed E-state index contributed by atoms with van der Waals surface area (Å²) in [6.07, 6.45) is 2.18. The van der Waals surface area contributed by atoms with Crippen LogP contribution in [0.5, 0.6) is 0 Å². The summed E-state index contributed by atoms with van der Waals surface area (Å²) in [6, 6.07) is 4.15. The van der Waals surface area contributed by atoms with Crippen LogP contribution in [0.15, 0.2) is 17.5 Å². The SMILES string of the molecule is COC(=O)C1(NCc2cccs2)CN2CCC1CC2. The molecule has 4 heterocycles. The topological polar surface area (TPSA) is 41.6 Å². The van der Waals surface area contributed by atoms with Gasteiger partial charge in [-0.3, -0.25) is 5.32 Å². The second-order valence-electron chi connectivity index (χ2n) is 5.45. The minimum absolute atomic E-state index is 0.0987. The summed E-state index contributed by atoms with van der Waals surface area (Å²) in [4.78, 5) is 16.0. The fourth-order valence-electron chi connectivity index (χ4n) is 3.41. The number of methoxy groups -OCH3 is 1. The van der Waals surface area contributed by atoms with E-state index in [2.05, 4.69) is 21.7 Å². The van der Waals surface area contributed by atoms with Crippen molar-refractivity contribution in [2.45, 2.75) is 24.9 Å². The van der Waals surface area contributed by atoms with Crippen LogP contribution in [0.1, 0.15) is 17.7 Å². The summed E-state index contributed by atoms with van der Waals surface area (Å²) in [5, 5.41) is 5.58. The molecule has 0 saturated carbocycles. The Morgan fingerprint density at radius 1 is 1.58 bits per heavy atom. The lowest BCUT2D eigenvalue weighted by molar-refractivity contribution is -0.158. The minimum atomic E-state index is -0.505. The van der Waals surface area contributed by atoms with Crippen LogP contribution in [-0.4, -0.2) is 43.2 Å². The summed E-state index contributed by atoms with van der Waals surface area (Å²) in [6.45, 7) is 3.76. The van der Waals surface area contributed by atoms with Crippen LogP contribution in [0.25, 0.3) is 0 Å². The van der Waals surface area contributed by atoms with Crippen molar-refractivity contribution in [2.24, 2.45) is 5.92 Å². The van der Waals surface area contributed by atoms with Crippen molar-refractivity contribution < 1.29 is 9.53 Å². The Morgan fingerprint density at radius 3 is 2.89 bits per heavy atom. The predicted molar refractivity (Wildman–Crippen MR) is 75.1 cm³/mol. The van der Waals surface area contributed by atoms with Crippen molar-refractivity contribution >= 4 is 17.3 Å². The summed E-state index contributed by atoms with van der Waals surface area (Å²) < 4.78 is 5.09. The second-order valence-corrected chi connectivity index (χ2v) is 6.48. The maximum absolute atomic E-state index is 12.3. The molecule has 0 aliphatic carbocycles. The third-order valence-corrected chi connectivity index (χ3v) is 5.34. The number of nitrogens with one attached hydrogen (secondary N) is 1. The zero-order chi connectivity index (χ0) is 13.3. The summed E-state index contributed by atoms with van der Waals surface area (Å²) >= 11 is 1.72. The third-order valence-electron chi connectivity index (χ3n) is 4.47. The molecule has 4 nitrogen and oxygen atoms in total. The molecule has 5 heteroatoms. The van der Waals surface area contributed by atoms with Crippen LogP contribution in [0, 0.1) is 5.92 Å². The first-order valence-electron chi connectivity index (χ1n) is 6.83. The maximum Gasteiger partial charge on any atom is 0.327 e. The van der Waals surface area contributed by atoms with Crippen molar-refractivity contribution in [1.82, 2.24) is 10.2 Å².